The summed E-state index contributed by atoms with van der Waals surface area (Å²) in [5, 5.41) is 18.9. The number of unbranched alkanes of at least 4 members (excludes halogenated alkanes) is 3. The molecule has 1 saturated heterocycles. The standard InChI is InChI=1S/C21H31NO6/c1-27-21-13-12-18(28-21)15-17(23)11-10-16-7-6-8-19(24)22(16)14-5-3-2-4-9-20(25)26/h10-13,16-17,23H,2-9,14-15H2,1H3,(H,25,26)/b11-10+/t16-,17?/m1/s1. The molecule has 0 aromatic carbocycles. The average molecular weight is 393 g/mol. The lowest BCUT2D eigenvalue weighted by Crippen LogP contribution is -2.43. The summed E-state index contributed by atoms with van der Waals surface area (Å²) in [5.74, 6) is 0.449. The van der Waals surface area contributed by atoms with Gasteiger partial charge in [0.1, 0.15) is 5.76 Å². The van der Waals surface area contributed by atoms with Gasteiger partial charge in [0.2, 0.25) is 5.91 Å². The van der Waals surface area contributed by atoms with E-state index >= 15 is 0 Å². The molecular weight excluding hydrogens is 362 g/mol. The van der Waals surface area contributed by atoms with Crippen LogP contribution in [0.1, 0.15) is 57.1 Å². The van der Waals surface area contributed by atoms with Gasteiger partial charge >= 0.3 is 5.97 Å². The van der Waals surface area contributed by atoms with Gasteiger partial charge in [-0.1, -0.05) is 25.0 Å². The number of likely N-dealkylation sites (tertiary alicyclic amines) is 1. The van der Waals surface area contributed by atoms with Gasteiger partial charge in [-0.05, 0) is 31.7 Å². The molecule has 1 unspecified atom stereocenters. The molecule has 2 heterocycles. The summed E-state index contributed by atoms with van der Waals surface area (Å²) < 4.78 is 10.4. The number of methoxy groups -OCH3 is 1. The summed E-state index contributed by atoms with van der Waals surface area (Å²) in [7, 11) is 1.53. The molecule has 1 aliphatic heterocycles. The molecule has 1 aromatic rings. The van der Waals surface area contributed by atoms with Crippen LogP contribution in [0.15, 0.2) is 28.7 Å². The fraction of sp³-hybridized carbons (Fsp3) is 0.619. The van der Waals surface area contributed by atoms with Crippen molar-refractivity contribution in [2.45, 2.75) is 69.9 Å². The Morgan fingerprint density at radius 1 is 1.36 bits per heavy atom. The molecule has 2 N–H and O–H groups in total. The van der Waals surface area contributed by atoms with Crippen molar-refractivity contribution in [1.29, 1.82) is 0 Å². The number of aliphatic hydroxyl groups is 1. The van der Waals surface area contributed by atoms with E-state index in [-0.39, 0.29) is 18.4 Å². The third kappa shape index (κ3) is 7.38. The number of carbonyl (C=O) groups is 2. The number of rotatable bonds is 12. The van der Waals surface area contributed by atoms with Crippen LogP contribution < -0.4 is 4.74 Å². The maximum atomic E-state index is 12.3. The summed E-state index contributed by atoms with van der Waals surface area (Å²) in [6, 6.07) is 3.49. The fourth-order valence-electron chi connectivity index (χ4n) is 3.46. The van der Waals surface area contributed by atoms with Gasteiger partial charge < -0.3 is 24.3 Å². The van der Waals surface area contributed by atoms with Crippen LogP contribution in [0, 0.1) is 0 Å². The molecule has 0 spiro atoms. The van der Waals surface area contributed by atoms with E-state index < -0.39 is 12.1 Å². The second-order valence-electron chi connectivity index (χ2n) is 7.19. The van der Waals surface area contributed by atoms with E-state index in [4.69, 9.17) is 14.3 Å². The van der Waals surface area contributed by atoms with E-state index in [0.29, 0.717) is 37.5 Å². The number of carboxylic acid groups (broad SMARTS) is 1. The van der Waals surface area contributed by atoms with Gasteiger partial charge in [-0.25, -0.2) is 0 Å². The summed E-state index contributed by atoms with van der Waals surface area (Å²) in [4.78, 5) is 24.7. The fourth-order valence-corrected chi connectivity index (χ4v) is 3.46. The molecule has 156 valence electrons. The Morgan fingerprint density at radius 2 is 2.14 bits per heavy atom. The Bertz CT molecular complexity index is 653. The van der Waals surface area contributed by atoms with E-state index in [2.05, 4.69) is 0 Å². The molecule has 1 aromatic heterocycles. The molecule has 1 amide bonds. The van der Waals surface area contributed by atoms with Crippen molar-refractivity contribution in [2.75, 3.05) is 13.7 Å². The summed E-state index contributed by atoms with van der Waals surface area (Å²) in [6.07, 6.45) is 9.15. The Kier molecular flexibility index (Phi) is 9.07. The minimum atomic E-state index is -0.761. The van der Waals surface area contributed by atoms with Gasteiger partial charge in [0.15, 0.2) is 0 Å². The summed E-state index contributed by atoms with van der Waals surface area (Å²) >= 11 is 0. The van der Waals surface area contributed by atoms with E-state index in [1.165, 1.54) is 7.11 Å². The van der Waals surface area contributed by atoms with Crippen molar-refractivity contribution in [3.8, 4) is 5.95 Å². The number of aliphatic carboxylic acids is 1. The van der Waals surface area contributed by atoms with E-state index in [9.17, 15) is 14.7 Å². The first kappa shape index (κ1) is 22.0. The van der Waals surface area contributed by atoms with E-state index in [1.807, 2.05) is 11.0 Å². The number of aliphatic hydroxyl groups excluding tert-OH is 1. The van der Waals surface area contributed by atoms with Crippen molar-refractivity contribution < 1.29 is 29.0 Å². The summed E-state index contributed by atoms with van der Waals surface area (Å²) in [5.41, 5.74) is 0. The van der Waals surface area contributed by atoms with Crippen molar-refractivity contribution in [3.05, 3.63) is 30.0 Å². The van der Waals surface area contributed by atoms with Gasteiger partial charge in [-0.3, -0.25) is 9.59 Å². The van der Waals surface area contributed by atoms with Crippen LogP contribution in [0.4, 0.5) is 0 Å². The molecular formula is C21H31NO6. The average Bonchev–Trinajstić information content (AvgIpc) is 3.11. The monoisotopic (exact) mass is 393 g/mol. The van der Waals surface area contributed by atoms with Gasteiger partial charge in [0.05, 0.1) is 19.3 Å². The number of piperidine rings is 1. The zero-order valence-electron chi connectivity index (χ0n) is 16.5. The topological polar surface area (TPSA) is 100 Å². The SMILES string of the molecule is COc1ccc(CC(O)/C=C/[C@H]2CCCC(=O)N2CCCCCCC(=O)O)o1. The van der Waals surface area contributed by atoms with Crippen LogP contribution >= 0.6 is 0 Å². The number of carbonyl (C=O) groups excluding carboxylic acids is 1. The highest BCUT2D eigenvalue weighted by Crippen LogP contribution is 2.21. The predicted molar refractivity (Wildman–Crippen MR) is 104 cm³/mol. The molecule has 0 bridgehead atoms. The van der Waals surface area contributed by atoms with Crippen LogP contribution in [-0.2, 0) is 16.0 Å². The largest absolute Gasteiger partial charge is 0.481 e. The molecule has 0 aliphatic carbocycles. The van der Waals surface area contributed by atoms with Crippen molar-refractivity contribution >= 4 is 11.9 Å². The Hall–Kier alpha value is -2.28. The number of furan rings is 1. The molecule has 0 saturated carbocycles. The van der Waals surface area contributed by atoms with Crippen molar-refractivity contribution in [3.63, 3.8) is 0 Å². The van der Waals surface area contributed by atoms with Crippen molar-refractivity contribution in [2.24, 2.45) is 0 Å². The lowest BCUT2D eigenvalue weighted by atomic mass is 9.99. The second-order valence-corrected chi connectivity index (χ2v) is 7.19. The van der Waals surface area contributed by atoms with E-state index in [1.54, 1.807) is 18.2 Å². The van der Waals surface area contributed by atoms with Gasteiger partial charge in [0.25, 0.3) is 5.95 Å². The molecule has 7 nitrogen and oxygen atoms in total. The quantitative estimate of drug-likeness (QED) is 0.418. The number of carboxylic acids is 1. The first-order valence-corrected chi connectivity index (χ1v) is 10.00. The van der Waals surface area contributed by atoms with Crippen LogP contribution in [0.2, 0.25) is 0 Å². The minimum Gasteiger partial charge on any atom is -0.481 e. The molecule has 28 heavy (non-hydrogen) atoms. The number of hydrogen-bond acceptors (Lipinski definition) is 5. The summed E-state index contributed by atoms with van der Waals surface area (Å²) in [6.45, 7) is 0.673. The van der Waals surface area contributed by atoms with Crippen molar-refractivity contribution in [1.82, 2.24) is 4.90 Å². The normalized spacial score (nSPS) is 18.6. The van der Waals surface area contributed by atoms with Crippen LogP contribution in [0.3, 0.4) is 0 Å². The van der Waals surface area contributed by atoms with Crippen LogP contribution in [0.5, 0.6) is 5.95 Å². The van der Waals surface area contributed by atoms with Gasteiger partial charge in [0, 0.05) is 31.9 Å². The zero-order chi connectivity index (χ0) is 20.4. The second kappa shape index (κ2) is 11.5. The van der Waals surface area contributed by atoms with Gasteiger partial charge in [-0.2, -0.15) is 0 Å². The molecule has 1 aliphatic rings. The third-order valence-electron chi connectivity index (χ3n) is 4.95. The van der Waals surface area contributed by atoms with Crippen LogP contribution in [0.25, 0.3) is 0 Å². The predicted octanol–water partition coefficient (Wildman–Crippen LogP) is 3.16. The molecule has 2 atom stereocenters. The highest BCUT2D eigenvalue weighted by atomic mass is 16.6. The van der Waals surface area contributed by atoms with Gasteiger partial charge in [-0.15, -0.1) is 0 Å². The Balaban J connectivity index is 1.80. The molecule has 7 heteroatoms. The maximum absolute atomic E-state index is 12.3. The Morgan fingerprint density at radius 3 is 2.86 bits per heavy atom. The van der Waals surface area contributed by atoms with Crippen LogP contribution in [-0.4, -0.2) is 52.8 Å². The molecule has 1 fully saturated rings. The van der Waals surface area contributed by atoms with E-state index in [0.717, 1.165) is 32.1 Å². The number of nitrogens with zero attached hydrogens (tertiary/aromatic N) is 1. The maximum Gasteiger partial charge on any atom is 0.303 e. The highest BCUT2D eigenvalue weighted by molar-refractivity contribution is 5.77. The Labute approximate surface area is 166 Å². The molecule has 0 radical (unpaired) electrons. The number of amides is 1. The third-order valence-corrected chi connectivity index (χ3v) is 4.95. The number of ether oxygens (including phenoxy) is 1. The first-order chi connectivity index (χ1) is 13.5. The lowest BCUT2D eigenvalue weighted by molar-refractivity contribution is -0.137. The first-order valence-electron chi connectivity index (χ1n) is 10.00. The smallest absolute Gasteiger partial charge is 0.303 e. The minimum absolute atomic E-state index is 0.000978. The lowest BCUT2D eigenvalue weighted by Gasteiger charge is -2.34. The number of hydrogen-bond donors (Lipinski definition) is 2. The zero-order valence-corrected chi connectivity index (χ0v) is 16.5. The molecule has 2 rings (SSSR count). The highest BCUT2D eigenvalue weighted by Gasteiger charge is 2.25.